The van der Waals surface area contributed by atoms with E-state index < -0.39 is 12.4 Å². The Morgan fingerprint density at radius 2 is 1.83 bits per heavy atom. The summed E-state index contributed by atoms with van der Waals surface area (Å²) >= 11 is 0. The molecular weight excluding hydrogens is 383 g/mol. The van der Waals surface area contributed by atoms with E-state index in [2.05, 4.69) is 15.4 Å². The number of hydrogen-bond acceptors (Lipinski definition) is 3. The molecule has 156 valence electrons. The number of ether oxygens (including phenoxy) is 1. The monoisotopic (exact) mass is 407 g/mol. The van der Waals surface area contributed by atoms with Crippen LogP contribution in [0.15, 0.2) is 42.5 Å². The van der Waals surface area contributed by atoms with Gasteiger partial charge in [0.15, 0.2) is 0 Å². The number of amides is 2. The second-order valence-electron chi connectivity index (χ2n) is 7.48. The van der Waals surface area contributed by atoms with Crippen LogP contribution < -0.4 is 15.4 Å². The lowest BCUT2D eigenvalue weighted by atomic mass is 9.83. The zero-order valence-electron chi connectivity index (χ0n) is 16.3. The van der Waals surface area contributed by atoms with Crippen LogP contribution in [0.2, 0.25) is 0 Å². The van der Waals surface area contributed by atoms with Crippen LogP contribution in [0.3, 0.4) is 0 Å². The van der Waals surface area contributed by atoms with Crippen molar-refractivity contribution in [3.8, 4) is 5.75 Å². The number of urea groups is 1. The average molecular weight is 407 g/mol. The number of carbonyl (C=O) groups is 1. The number of carbonyl (C=O) groups excluding carboxylic acids is 1. The summed E-state index contributed by atoms with van der Waals surface area (Å²) in [4.78, 5) is 14.3. The molecule has 29 heavy (non-hydrogen) atoms. The van der Waals surface area contributed by atoms with Gasteiger partial charge in [-0.1, -0.05) is 18.2 Å². The van der Waals surface area contributed by atoms with Crippen LogP contribution >= 0.6 is 0 Å². The summed E-state index contributed by atoms with van der Waals surface area (Å²) in [6.07, 6.45) is -2.78. The maximum Gasteiger partial charge on any atom is 0.573 e. The predicted octanol–water partition coefficient (Wildman–Crippen LogP) is 4.90. The van der Waals surface area contributed by atoms with Gasteiger partial charge in [-0.3, -0.25) is 0 Å². The largest absolute Gasteiger partial charge is 0.573 e. The van der Waals surface area contributed by atoms with Gasteiger partial charge in [0.25, 0.3) is 0 Å². The molecule has 0 spiro atoms. The summed E-state index contributed by atoms with van der Waals surface area (Å²) in [7, 11) is 3.89. The predicted molar refractivity (Wildman–Crippen MR) is 106 cm³/mol. The Morgan fingerprint density at radius 1 is 1.14 bits per heavy atom. The Hall–Kier alpha value is -2.74. The van der Waals surface area contributed by atoms with E-state index in [1.165, 1.54) is 6.07 Å². The van der Waals surface area contributed by atoms with Crippen molar-refractivity contribution in [1.29, 1.82) is 0 Å². The van der Waals surface area contributed by atoms with E-state index in [0.29, 0.717) is 24.1 Å². The fourth-order valence-electron chi connectivity index (χ4n) is 3.68. The Kier molecular flexibility index (Phi) is 6.32. The summed E-state index contributed by atoms with van der Waals surface area (Å²) in [6.45, 7) is 0.796. The molecule has 5 nitrogen and oxygen atoms in total. The van der Waals surface area contributed by atoms with Gasteiger partial charge in [-0.15, -0.1) is 13.2 Å². The topological polar surface area (TPSA) is 53.6 Å². The van der Waals surface area contributed by atoms with E-state index in [-0.39, 0.29) is 17.4 Å². The summed E-state index contributed by atoms with van der Waals surface area (Å²) in [5, 5.41) is 5.25. The van der Waals surface area contributed by atoms with E-state index in [1.807, 2.05) is 25.1 Å². The molecule has 0 saturated heterocycles. The van der Waals surface area contributed by atoms with Crippen molar-refractivity contribution < 1.29 is 22.7 Å². The molecule has 1 aliphatic carbocycles. The molecule has 0 radical (unpaired) electrons. The molecule has 2 amide bonds. The summed E-state index contributed by atoms with van der Waals surface area (Å²) in [6, 6.07) is 11.2. The fourth-order valence-corrected chi connectivity index (χ4v) is 3.68. The molecule has 0 bridgehead atoms. The van der Waals surface area contributed by atoms with E-state index in [1.54, 1.807) is 30.3 Å². The summed E-state index contributed by atoms with van der Waals surface area (Å²) < 4.78 is 43.2. The highest BCUT2D eigenvalue weighted by Gasteiger charge is 2.34. The number of nitrogens with one attached hydrogen (secondary N) is 2. The zero-order valence-corrected chi connectivity index (χ0v) is 16.3. The fraction of sp³-hybridized carbons (Fsp3) is 0.381. The van der Waals surface area contributed by atoms with Crippen molar-refractivity contribution in [3.63, 3.8) is 0 Å². The number of aryl methyl sites for hydroxylation is 1. The lowest BCUT2D eigenvalue weighted by molar-refractivity contribution is -0.274. The lowest BCUT2D eigenvalue weighted by Gasteiger charge is -2.29. The third kappa shape index (κ3) is 6.12. The highest BCUT2D eigenvalue weighted by atomic mass is 19.4. The van der Waals surface area contributed by atoms with Crippen molar-refractivity contribution in [3.05, 3.63) is 53.6 Å². The van der Waals surface area contributed by atoms with Crippen LogP contribution in [-0.2, 0) is 12.8 Å². The first kappa shape index (κ1) is 21.0. The minimum atomic E-state index is -4.80. The molecule has 0 aliphatic heterocycles. The molecule has 0 saturated carbocycles. The van der Waals surface area contributed by atoms with Gasteiger partial charge in [0.05, 0.1) is 0 Å². The van der Waals surface area contributed by atoms with Gasteiger partial charge < -0.3 is 20.3 Å². The molecule has 2 aromatic carbocycles. The second kappa shape index (κ2) is 8.73. The van der Waals surface area contributed by atoms with Gasteiger partial charge in [0.2, 0.25) is 0 Å². The van der Waals surface area contributed by atoms with Crippen LogP contribution in [0, 0.1) is 5.92 Å². The van der Waals surface area contributed by atoms with Crippen LogP contribution in [0.5, 0.6) is 5.75 Å². The number of rotatable bonds is 5. The Balaban J connectivity index is 1.82. The third-order valence-electron chi connectivity index (χ3n) is 4.75. The molecule has 1 unspecified atom stereocenters. The number of para-hydroxylation sites is 1. The van der Waals surface area contributed by atoms with E-state index >= 15 is 0 Å². The Labute approximate surface area is 167 Å². The van der Waals surface area contributed by atoms with Gasteiger partial charge in [-0.05, 0) is 68.6 Å². The first-order valence-electron chi connectivity index (χ1n) is 9.39. The summed E-state index contributed by atoms with van der Waals surface area (Å²) in [5.74, 6) is 0.0155. The van der Waals surface area contributed by atoms with Crippen molar-refractivity contribution in [2.45, 2.75) is 25.6 Å². The van der Waals surface area contributed by atoms with Crippen LogP contribution in [-0.4, -0.2) is 37.9 Å². The smallest absolute Gasteiger partial charge is 0.405 e. The zero-order chi connectivity index (χ0) is 21.0. The number of hydrogen-bond donors (Lipinski definition) is 2. The van der Waals surface area contributed by atoms with E-state index in [9.17, 15) is 18.0 Å². The standard InChI is InChI=1S/C21H24F3N3O2/c1-27(2)13-14-8-9-15-11-17(12-19(18(15)10-14)29-21(22,23)24)26-20(28)25-16-6-4-3-5-7-16/h3-7,11-12,14H,8-10,13H2,1-2H3,(H2,25,26,28). The maximum atomic E-state index is 13.0. The molecule has 2 aromatic rings. The van der Waals surface area contributed by atoms with Gasteiger partial charge in [0, 0.05) is 24.0 Å². The average Bonchev–Trinajstić information content (AvgIpc) is 2.61. The Morgan fingerprint density at radius 3 is 2.48 bits per heavy atom. The third-order valence-corrected chi connectivity index (χ3v) is 4.75. The first-order valence-corrected chi connectivity index (χ1v) is 9.39. The minimum Gasteiger partial charge on any atom is -0.405 e. The normalized spacial score (nSPS) is 16.3. The number of benzene rings is 2. The van der Waals surface area contributed by atoms with Gasteiger partial charge >= 0.3 is 12.4 Å². The minimum absolute atomic E-state index is 0.242. The first-order chi connectivity index (χ1) is 13.7. The number of halogens is 3. The van der Waals surface area contributed by atoms with Gasteiger partial charge in [0.1, 0.15) is 5.75 Å². The van der Waals surface area contributed by atoms with E-state index in [4.69, 9.17) is 0 Å². The molecule has 0 fully saturated rings. The molecule has 0 heterocycles. The quantitative estimate of drug-likeness (QED) is 0.742. The van der Waals surface area contributed by atoms with Crippen molar-refractivity contribution >= 4 is 17.4 Å². The van der Waals surface area contributed by atoms with Crippen molar-refractivity contribution in [1.82, 2.24) is 4.90 Å². The second-order valence-corrected chi connectivity index (χ2v) is 7.48. The molecule has 8 heteroatoms. The number of anilines is 2. The van der Waals surface area contributed by atoms with Crippen LogP contribution in [0.25, 0.3) is 0 Å². The van der Waals surface area contributed by atoms with Gasteiger partial charge in [-0.2, -0.15) is 0 Å². The number of fused-ring (bicyclic) bond motifs is 1. The highest BCUT2D eigenvalue weighted by molar-refractivity contribution is 6.00. The molecule has 2 N–H and O–H groups in total. The SMILES string of the molecule is CN(C)CC1CCc2cc(NC(=O)Nc3ccccc3)cc(OC(F)(F)F)c2C1. The molecule has 0 aromatic heterocycles. The lowest BCUT2D eigenvalue weighted by Crippen LogP contribution is -2.28. The van der Waals surface area contributed by atoms with E-state index in [0.717, 1.165) is 18.5 Å². The van der Waals surface area contributed by atoms with Crippen LogP contribution in [0.4, 0.5) is 29.3 Å². The Bertz CT molecular complexity index is 854. The maximum absolute atomic E-state index is 13.0. The number of alkyl halides is 3. The molecular formula is C21H24F3N3O2. The van der Waals surface area contributed by atoms with Crippen LogP contribution in [0.1, 0.15) is 17.5 Å². The molecule has 3 rings (SSSR count). The van der Waals surface area contributed by atoms with Crippen molar-refractivity contribution in [2.75, 3.05) is 31.3 Å². The molecule has 1 atom stereocenters. The highest BCUT2D eigenvalue weighted by Crippen LogP contribution is 2.38. The molecule has 1 aliphatic rings. The van der Waals surface area contributed by atoms with Crippen molar-refractivity contribution in [2.24, 2.45) is 5.92 Å². The number of nitrogens with zero attached hydrogens (tertiary/aromatic N) is 1. The van der Waals surface area contributed by atoms with Gasteiger partial charge in [-0.25, -0.2) is 4.79 Å². The summed E-state index contributed by atoms with van der Waals surface area (Å²) in [5.41, 5.74) is 2.19.